The van der Waals surface area contributed by atoms with Gasteiger partial charge >= 0.3 is 6.18 Å². The Morgan fingerprint density at radius 3 is 2.42 bits per heavy atom. The second-order valence-corrected chi connectivity index (χ2v) is 4.66. The number of hydrogen-bond acceptors (Lipinski definition) is 2. The lowest BCUT2D eigenvalue weighted by Crippen LogP contribution is -2.40. The molecule has 0 saturated carbocycles. The number of nitrogens with one attached hydrogen (secondary N) is 1. The third-order valence-electron chi connectivity index (χ3n) is 2.83. The fourth-order valence-corrected chi connectivity index (χ4v) is 1.47. The minimum absolute atomic E-state index is 0.137. The first-order chi connectivity index (χ1) is 8.73. The number of benzene rings is 1. The highest BCUT2D eigenvalue weighted by Crippen LogP contribution is 2.31. The topological polar surface area (TPSA) is 55.1 Å². The highest BCUT2D eigenvalue weighted by molar-refractivity contribution is 5.95. The second kappa shape index (κ2) is 6.06. The minimum atomic E-state index is -4.55. The summed E-state index contributed by atoms with van der Waals surface area (Å²) < 4.78 is 38.2. The van der Waals surface area contributed by atoms with Gasteiger partial charge < -0.3 is 11.1 Å². The zero-order valence-corrected chi connectivity index (χ0v) is 10.8. The third-order valence-corrected chi connectivity index (χ3v) is 2.83. The van der Waals surface area contributed by atoms with Crippen LogP contribution < -0.4 is 11.1 Å². The molecule has 1 atom stereocenters. The lowest BCUT2D eigenvalue weighted by Gasteiger charge is -2.17. The molecule has 19 heavy (non-hydrogen) atoms. The maximum Gasteiger partial charge on any atom is 0.417 e. The molecule has 3 N–H and O–H groups in total. The zero-order chi connectivity index (χ0) is 14.6. The van der Waals surface area contributed by atoms with Crippen molar-refractivity contribution in [2.75, 3.05) is 6.54 Å². The van der Waals surface area contributed by atoms with Gasteiger partial charge in [-0.3, -0.25) is 4.79 Å². The summed E-state index contributed by atoms with van der Waals surface area (Å²) in [7, 11) is 0. The van der Waals surface area contributed by atoms with Crippen LogP contribution in [-0.2, 0) is 6.18 Å². The Morgan fingerprint density at radius 2 is 1.89 bits per heavy atom. The molecule has 0 spiro atoms. The highest BCUT2D eigenvalue weighted by Gasteiger charge is 2.34. The molecule has 0 bridgehead atoms. The normalized spacial score (nSPS) is 13.4. The van der Waals surface area contributed by atoms with Crippen LogP contribution in [0.1, 0.15) is 29.8 Å². The van der Waals surface area contributed by atoms with E-state index in [1.165, 1.54) is 12.1 Å². The Hall–Kier alpha value is -1.56. The molecule has 0 aliphatic carbocycles. The third kappa shape index (κ3) is 4.24. The van der Waals surface area contributed by atoms with Crippen molar-refractivity contribution >= 4 is 5.91 Å². The van der Waals surface area contributed by atoms with Gasteiger partial charge in [-0.05, 0) is 18.1 Å². The van der Waals surface area contributed by atoms with E-state index in [9.17, 15) is 18.0 Å². The van der Waals surface area contributed by atoms with Gasteiger partial charge in [0.1, 0.15) is 0 Å². The largest absolute Gasteiger partial charge is 0.417 e. The van der Waals surface area contributed by atoms with E-state index in [1.807, 2.05) is 13.8 Å². The standard InChI is InChI=1S/C13H17F3N2O/c1-8(2)11(17)7-18-12(19)9-5-3-4-6-10(9)13(14,15)16/h3-6,8,11H,7,17H2,1-2H3,(H,18,19). The number of hydrogen-bond donors (Lipinski definition) is 2. The first kappa shape index (κ1) is 15.5. The molecule has 0 radical (unpaired) electrons. The van der Waals surface area contributed by atoms with Crippen LogP contribution >= 0.6 is 0 Å². The minimum Gasteiger partial charge on any atom is -0.350 e. The molecule has 106 valence electrons. The van der Waals surface area contributed by atoms with E-state index in [0.29, 0.717) is 0 Å². The summed E-state index contributed by atoms with van der Waals surface area (Å²) in [6, 6.07) is 4.39. The van der Waals surface area contributed by atoms with Gasteiger partial charge in [-0.25, -0.2) is 0 Å². The average Bonchev–Trinajstić information content (AvgIpc) is 2.34. The molecular formula is C13H17F3N2O. The van der Waals surface area contributed by atoms with E-state index in [1.54, 1.807) is 0 Å². The number of carbonyl (C=O) groups excluding carboxylic acids is 1. The average molecular weight is 274 g/mol. The number of halogens is 3. The van der Waals surface area contributed by atoms with Crippen molar-refractivity contribution in [1.29, 1.82) is 0 Å². The van der Waals surface area contributed by atoms with E-state index in [4.69, 9.17) is 5.73 Å². The fraction of sp³-hybridized carbons (Fsp3) is 0.462. The van der Waals surface area contributed by atoms with Crippen LogP contribution in [0.15, 0.2) is 24.3 Å². The number of alkyl halides is 3. The molecule has 1 rings (SSSR count). The number of carbonyl (C=O) groups is 1. The predicted molar refractivity (Wildman–Crippen MR) is 66.6 cm³/mol. The maximum absolute atomic E-state index is 12.7. The van der Waals surface area contributed by atoms with Crippen LogP contribution in [0, 0.1) is 5.92 Å². The molecule has 0 fully saturated rings. The smallest absolute Gasteiger partial charge is 0.350 e. The van der Waals surface area contributed by atoms with E-state index < -0.39 is 17.6 Å². The van der Waals surface area contributed by atoms with Crippen molar-refractivity contribution in [3.63, 3.8) is 0 Å². The Labute approximate surface area is 110 Å². The molecular weight excluding hydrogens is 257 g/mol. The zero-order valence-electron chi connectivity index (χ0n) is 10.8. The van der Waals surface area contributed by atoms with Gasteiger partial charge in [0, 0.05) is 12.6 Å². The van der Waals surface area contributed by atoms with E-state index in [0.717, 1.165) is 12.1 Å². The van der Waals surface area contributed by atoms with Gasteiger partial charge in [-0.15, -0.1) is 0 Å². The second-order valence-electron chi connectivity index (χ2n) is 4.66. The number of rotatable bonds is 4. The molecule has 0 aliphatic rings. The molecule has 1 amide bonds. The molecule has 0 aromatic heterocycles. The summed E-state index contributed by atoms with van der Waals surface area (Å²) in [5, 5.41) is 2.43. The SMILES string of the molecule is CC(C)C(N)CNC(=O)c1ccccc1C(F)(F)F. The van der Waals surface area contributed by atoms with E-state index >= 15 is 0 Å². The van der Waals surface area contributed by atoms with Crippen LogP contribution in [-0.4, -0.2) is 18.5 Å². The molecule has 0 heterocycles. The van der Waals surface area contributed by atoms with Gasteiger partial charge in [0.2, 0.25) is 0 Å². The molecule has 1 aromatic carbocycles. The summed E-state index contributed by atoms with van der Waals surface area (Å²) in [6.45, 7) is 3.89. The lowest BCUT2D eigenvalue weighted by molar-refractivity contribution is -0.137. The lowest BCUT2D eigenvalue weighted by atomic mass is 10.0. The summed E-state index contributed by atoms with van der Waals surface area (Å²) in [5.41, 5.74) is 4.41. The summed E-state index contributed by atoms with van der Waals surface area (Å²) >= 11 is 0. The highest BCUT2D eigenvalue weighted by atomic mass is 19.4. The Kier molecular flexibility index (Phi) is 4.94. The fourth-order valence-electron chi connectivity index (χ4n) is 1.47. The Morgan fingerprint density at radius 1 is 1.32 bits per heavy atom. The van der Waals surface area contributed by atoms with Crippen molar-refractivity contribution in [1.82, 2.24) is 5.32 Å². The Balaban J connectivity index is 2.83. The number of nitrogens with two attached hydrogens (primary N) is 1. The predicted octanol–water partition coefficient (Wildman–Crippen LogP) is 2.42. The first-order valence-electron chi connectivity index (χ1n) is 5.93. The van der Waals surface area contributed by atoms with Gasteiger partial charge in [-0.2, -0.15) is 13.2 Å². The number of amides is 1. The Bertz CT molecular complexity index is 444. The van der Waals surface area contributed by atoms with Crippen molar-refractivity contribution in [3.05, 3.63) is 35.4 Å². The molecule has 1 aromatic rings. The van der Waals surface area contributed by atoms with Crippen LogP contribution in [0.2, 0.25) is 0 Å². The van der Waals surface area contributed by atoms with Gasteiger partial charge in [0.05, 0.1) is 11.1 Å². The molecule has 3 nitrogen and oxygen atoms in total. The van der Waals surface area contributed by atoms with Crippen LogP contribution in [0.5, 0.6) is 0 Å². The quantitative estimate of drug-likeness (QED) is 0.886. The van der Waals surface area contributed by atoms with Crippen molar-refractivity contribution in [3.8, 4) is 0 Å². The van der Waals surface area contributed by atoms with E-state index in [2.05, 4.69) is 5.32 Å². The molecule has 0 aliphatic heterocycles. The summed E-state index contributed by atoms with van der Waals surface area (Å²) in [4.78, 5) is 11.8. The molecule has 1 unspecified atom stereocenters. The van der Waals surface area contributed by atoms with Crippen molar-refractivity contribution in [2.45, 2.75) is 26.1 Å². The maximum atomic E-state index is 12.7. The monoisotopic (exact) mass is 274 g/mol. The molecule has 0 saturated heterocycles. The van der Waals surface area contributed by atoms with Crippen molar-refractivity contribution < 1.29 is 18.0 Å². The van der Waals surface area contributed by atoms with E-state index in [-0.39, 0.29) is 24.1 Å². The first-order valence-corrected chi connectivity index (χ1v) is 5.93. The van der Waals surface area contributed by atoms with Crippen LogP contribution in [0.25, 0.3) is 0 Å². The van der Waals surface area contributed by atoms with Crippen LogP contribution in [0.3, 0.4) is 0 Å². The summed E-state index contributed by atoms with van der Waals surface area (Å²) in [5.74, 6) is -0.623. The van der Waals surface area contributed by atoms with Crippen LogP contribution in [0.4, 0.5) is 13.2 Å². The van der Waals surface area contributed by atoms with Gasteiger partial charge in [0.25, 0.3) is 5.91 Å². The van der Waals surface area contributed by atoms with Gasteiger partial charge in [-0.1, -0.05) is 26.0 Å². The molecule has 6 heteroatoms. The van der Waals surface area contributed by atoms with Crippen molar-refractivity contribution in [2.24, 2.45) is 11.7 Å². The summed E-state index contributed by atoms with van der Waals surface area (Å²) in [6.07, 6.45) is -4.55. The van der Waals surface area contributed by atoms with Gasteiger partial charge in [0.15, 0.2) is 0 Å².